The molecule has 2 aromatic heterocycles. The molecule has 0 aliphatic carbocycles. The zero-order valence-electron chi connectivity index (χ0n) is 15.3. The van der Waals surface area contributed by atoms with Crippen LogP contribution >= 0.6 is 0 Å². The monoisotopic (exact) mass is 360 g/mol. The smallest absolute Gasteiger partial charge is 0.268 e. The molecule has 5 N–H and O–H groups in total. The lowest BCUT2D eigenvalue weighted by Gasteiger charge is -2.18. The van der Waals surface area contributed by atoms with Gasteiger partial charge in [-0.2, -0.15) is 0 Å². The van der Waals surface area contributed by atoms with Gasteiger partial charge in [0.25, 0.3) is 11.1 Å². The van der Waals surface area contributed by atoms with Crippen LogP contribution in [-0.2, 0) is 0 Å². The summed E-state index contributed by atoms with van der Waals surface area (Å²) in [7, 11) is 1.57. The van der Waals surface area contributed by atoms with Crippen molar-refractivity contribution < 1.29 is 9.84 Å². The van der Waals surface area contributed by atoms with Crippen LogP contribution in [0.15, 0.2) is 33.9 Å². The zero-order valence-corrected chi connectivity index (χ0v) is 15.3. The van der Waals surface area contributed by atoms with Gasteiger partial charge in [-0.25, -0.2) is 0 Å². The molecule has 3 rings (SSSR count). The summed E-state index contributed by atoms with van der Waals surface area (Å²) in [6.45, 7) is 5.53. The van der Waals surface area contributed by atoms with Gasteiger partial charge in [-0.3, -0.25) is 19.8 Å². The molecule has 140 valence electrons. The normalized spacial score (nSPS) is 10.5. The second kappa shape index (κ2) is 8.39. The molecule has 26 heavy (non-hydrogen) atoms. The van der Waals surface area contributed by atoms with Crippen LogP contribution < -0.4 is 15.9 Å². The van der Waals surface area contributed by atoms with E-state index in [0.29, 0.717) is 28.3 Å². The number of benzene rings is 1. The highest BCUT2D eigenvalue weighted by Crippen LogP contribution is 2.36. The maximum Gasteiger partial charge on any atom is 0.268 e. The molecular formula is C18H24N4O4. The molecule has 0 saturated carbocycles. The van der Waals surface area contributed by atoms with Crippen LogP contribution in [0.2, 0.25) is 0 Å². The number of aromatic amines is 4. The van der Waals surface area contributed by atoms with Crippen molar-refractivity contribution in [1.29, 1.82) is 0 Å². The number of aryl methyl sites for hydroxylation is 2. The van der Waals surface area contributed by atoms with E-state index in [0.717, 1.165) is 5.56 Å². The number of hydrogen-bond acceptors (Lipinski definition) is 4. The minimum Gasteiger partial charge on any atom is -0.496 e. The molecule has 0 fully saturated rings. The SMILES string of the molecule is CCO.COc1ccccc1C(c1c(C)[nH][nH]c1=O)c1c(C)[nH][nH]c1=O. The van der Waals surface area contributed by atoms with Gasteiger partial charge in [-0.1, -0.05) is 18.2 Å². The van der Waals surface area contributed by atoms with Crippen molar-refractivity contribution in [1.82, 2.24) is 20.4 Å². The molecule has 0 amide bonds. The third-order valence-electron chi connectivity index (χ3n) is 4.05. The van der Waals surface area contributed by atoms with Gasteiger partial charge >= 0.3 is 0 Å². The lowest BCUT2D eigenvalue weighted by atomic mass is 9.85. The predicted octanol–water partition coefficient (Wildman–Crippen LogP) is 1.52. The minimum atomic E-state index is -0.531. The van der Waals surface area contributed by atoms with E-state index in [-0.39, 0.29) is 17.7 Å². The number of nitrogens with one attached hydrogen (secondary N) is 4. The highest BCUT2D eigenvalue weighted by Gasteiger charge is 2.29. The molecule has 0 saturated heterocycles. The number of aromatic nitrogens is 4. The summed E-state index contributed by atoms with van der Waals surface area (Å²) in [5.41, 5.74) is 2.63. The van der Waals surface area contributed by atoms with E-state index >= 15 is 0 Å². The van der Waals surface area contributed by atoms with Crippen molar-refractivity contribution in [3.63, 3.8) is 0 Å². The number of hydrogen-bond donors (Lipinski definition) is 5. The van der Waals surface area contributed by atoms with E-state index < -0.39 is 5.92 Å². The van der Waals surface area contributed by atoms with Crippen LogP contribution in [0.4, 0.5) is 0 Å². The van der Waals surface area contributed by atoms with Gasteiger partial charge in [0, 0.05) is 23.6 Å². The first-order valence-corrected chi connectivity index (χ1v) is 8.24. The Hall–Kier alpha value is -3.00. The van der Waals surface area contributed by atoms with Crippen LogP contribution in [0.5, 0.6) is 5.75 Å². The molecule has 0 radical (unpaired) electrons. The number of aliphatic hydroxyl groups excluding tert-OH is 1. The van der Waals surface area contributed by atoms with Crippen LogP contribution in [0, 0.1) is 13.8 Å². The van der Waals surface area contributed by atoms with Crippen LogP contribution in [0.25, 0.3) is 0 Å². The Morgan fingerprint density at radius 1 is 0.962 bits per heavy atom. The summed E-state index contributed by atoms with van der Waals surface area (Å²) in [5, 5.41) is 18.4. The van der Waals surface area contributed by atoms with Crippen molar-refractivity contribution in [3.05, 3.63) is 73.1 Å². The van der Waals surface area contributed by atoms with Gasteiger partial charge in [0.05, 0.1) is 24.2 Å². The van der Waals surface area contributed by atoms with E-state index in [1.54, 1.807) is 27.9 Å². The standard InChI is InChI=1S/C16H18N4O3.C2H6O/c1-8-12(15(21)19-17-8)14(13-9(2)18-20-16(13)22)10-6-4-5-7-11(10)23-3;1-2-3/h4-7,14H,1-3H3,(H2,17,19,21)(H2,18,20,22);3H,2H2,1H3. The summed E-state index contributed by atoms with van der Waals surface area (Å²) < 4.78 is 5.44. The van der Waals surface area contributed by atoms with E-state index in [1.807, 2.05) is 24.3 Å². The Bertz CT molecular complexity index is 910. The quantitative estimate of drug-likeness (QED) is 0.483. The Morgan fingerprint density at radius 2 is 1.42 bits per heavy atom. The van der Waals surface area contributed by atoms with E-state index in [4.69, 9.17) is 9.84 Å². The summed E-state index contributed by atoms with van der Waals surface area (Å²) in [5.74, 6) is 0.0913. The van der Waals surface area contributed by atoms with Crippen molar-refractivity contribution >= 4 is 0 Å². The van der Waals surface area contributed by atoms with Gasteiger partial charge in [0.15, 0.2) is 0 Å². The molecule has 0 unspecified atom stereocenters. The van der Waals surface area contributed by atoms with Gasteiger partial charge in [0.2, 0.25) is 0 Å². The first kappa shape index (κ1) is 19.3. The largest absolute Gasteiger partial charge is 0.496 e. The summed E-state index contributed by atoms with van der Waals surface area (Å²) in [6.07, 6.45) is 0. The summed E-state index contributed by atoms with van der Waals surface area (Å²) in [4.78, 5) is 24.6. The number of methoxy groups -OCH3 is 1. The fourth-order valence-corrected chi connectivity index (χ4v) is 2.97. The van der Waals surface area contributed by atoms with E-state index in [9.17, 15) is 9.59 Å². The molecule has 0 bridgehead atoms. The third kappa shape index (κ3) is 3.65. The fraction of sp³-hybridized carbons (Fsp3) is 0.333. The number of ether oxygens (including phenoxy) is 1. The van der Waals surface area contributed by atoms with Crippen molar-refractivity contribution in [3.8, 4) is 5.75 Å². The number of aliphatic hydroxyl groups is 1. The Balaban J connectivity index is 0.000000758. The molecule has 1 aromatic carbocycles. The molecule has 0 aliphatic heterocycles. The predicted molar refractivity (Wildman–Crippen MR) is 99.0 cm³/mol. The second-order valence-corrected chi connectivity index (χ2v) is 5.73. The molecule has 8 heteroatoms. The molecule has 3 aromatic rings. The van der Waals surface area contributed by atoms with Gasteiger partial charge in [-0.15, -0.1) is 0 Å². The Morgan fingerprint density at radius 3 is 1.81 bits per heavy atom. The first-order valence-electron chi connectivity index (χ1n) is 8.24. The van der Waals surface area contributed by atoms with Crippen LogP contribution in [-0.4, -0.2) is 39.2 Å². The first-order chi connectivity index (χ1) is 12.5. The van der Waals surface area contributed by atoms with Gasteiger partial charge in [-0.05, 0) is 26.8 Å². The van der Waals surface area contributed by atoms with Crippen molar-refractivity contribution in [2.45, 2.75) is 26.7 Å². The highest BCUT2D eigenvalue weighted by atomic mass is 16.5. The van der Waals surface area contributed by atoms with Crippen LogP contribution in [0.3, 0.4) is 0 Å². The zero-order chi connectivity index (χ0) is 19.3. The maximum atomic E-state index is 12.3. The lowest BCUT2D eigenvalue weighted by Crippen LogP contribution is -2.20. The maximum absolute atomic E-state index is 12.3. The molecular weight excluding hydrogens is 336 g/mol. The Kier molecular flexibility index (Phi) is 6.24. The molecule has 0 aliphatic rings. The topological polar surface area (TPSA) is 127 Å². The number of H-pyrrole nitrogens is 4. The number of rotatable bonds is 4. The van der Waals surface area contributed by atoms with Crippen molar-refractivity contribution in [2.75, 3.05) is 13.7 Å². The summed E-state index contributed by atoms with van der Waals surface area (Å²) in [6, 6.07) is 7.38. The molecule has 0 spiro atoms. The lowest BCUT2D eigenvalue weighted by molar-refractivity contribution is 0.318. The molecule has 8 nitrogen and oxygen atoms in total. The third-order valence-corrected chi connectivity index (χ3v) is 4.05. The van der Waals surface area contributed by atoms with Gasteiger partial charge < -0.3 is 20.0 Å². The van der Waals surface area contributed by atoms with E-state index in [2.05, 4.69) is 20.4 Å². The molecule has 0 atom stereocenters. The van der Waals surface area contributed by atoms with E-state index in [1.165, 1.54) is 0 Å². The van der Waals surface area contributed by atoms with Crippen molar-refractivity contribution in [2.24, 2.45) is 0 Å². The minimum absolute atomic E-state index is 0.250. The second-order valence-electron chi connectivity index (χ2n) is 5.73. The van der Waals surface area contributed by atoms with Gasteiger partial charge in [0.1, 0.15) is 5.75 Å². The fourth-order valence-electron chi connectivity index (χ4n) is 2.97. The average Bonchev–Trinajstić information content (AvgIpc) is 3.13. The average molecular weight is 360 g/mol. The van der Waals surface area contributed by atoms with Crippen LogP contribution in [0.1, 0.15) is 40.9 Å². The summed E-state index contributed by atoms with van der Waals surface area (Å²) >= 11 is 0. The number of para-hydroxylation sites is 1. The highest BCUT2D eigenvalue weighted by molar-refractivity contribution is 5.50. The molecule has 2 heterocycles. The Labute approximate surface area is 150 Å².